The van der Waals surface area contributed by atoms with E-state index < -0.39 is 126 Å². The van der Waals surface area contributed by atoms with E-state index in [0.29, 0.717) is 24.3 Å². The molecule has 23 nitrogen and oxygen atoms in total. The second-order valence-corrected chi connectivity index (χ2v) is 16.9. The number of nitrogens with zero attached hydrogens (tertiary/aromatic N) is 4. The molecule has 0 amide bonds. The fourth-order valence-corrected chi connectivity index (χ4v) is 7.44. The van der Waals surface area contributed by atoms with Gasteiger partial charge in [-0.05, 0) is 60.5 Å². The summed E-state index contributed by atoms with van der Waals surface area (Å²) in [5.74, 6) is -3.56. The van der Waals surface area contributed by atoms with E-state index >= 15 is 0 Å². The normalized spacial score (nSPS) is 13.2. The van der Waals surface area contributed by atoms with Gasteiger partial charge >= 0.3 is 0 Å². The molecule has 0 aromatic heterocycles. The van der Waals surface area contributed by atoms with Gasteiger partial charge in [0.2, 0.25) is 0 Å². The number of aliphatic hydroxyl groups is 1. The van der Waals surface area contributed by atoms with Gasteiger partial charge in [0.15, 0.2) is 17.4 Å². The summed E-state index contributed by atoms with van der Waals surface area (Å²) in [6, 6.07) is 4.79. The van der Waals surface area contributed by atoms with E-state index in [1.54, 1.807) is 0 Å². The summed E-state index contributed by atoms with van der Waals surface area (Å²) < 4.78 is 168. The van der Waals surface area contributed by atoms with Gasteiger partial charge in [-0.1, -0.05) is 0 Å². The van der Waals surface area contributed by atoms with Crippen LogP contribution in [0.1, 0.15) is 0 Å². The van der Waals surface area contributed by atoms with Gasteiger partial charge in [-0.25, -0.2) is 0 Å². The van der Waals surface area contributed by atoms with Crippen molar-refractivity contribution in [2.24, 2.45) is 20.5 Å². The van der Waals surface area contributed by atoms with E-state index in [-0.39, 0.29) is 11.8 Å². The van der Waals surface area contributed by atoms with Crippen molar-refractivity contribution in [2.75, 3.05) is 5.32 Å². The molecule has 0 aliphatic rings. The smallest absolute Gasteiger partial charge is 0.296 e. The summed E-state index contributed by atoms with van der Waals surface area (Å²) in [5.41, 5.74) is -4.42. The zero-order chi connectivity index (χ0) is 39.4. The minimum Gasteiger partial charge on any atom is -0.505 e. The number of hydrogen-bond acceptors (Lipinski definition) is 18. The van der Waals surface area contributed by atoms with Crippen molar-refractivity contribution >= 4 is 89.8 Å². The molecule has 4 aromatic carbocycles. The minimum atomic E-state index is -5.50. The first-order valence-electron chi connectivity index (χ1n) is 12.8. The van der Waals surface area contributed by atoms with Crippen LogP contribution < -0.4 is 5.32 Å². The Kier molecular flexibility index (Phi) is 10.2. The molecule has 4 aromatic rings. The Labute approximate surface area is 291 Å². The zero-order valence-electron chi connectivity index (χ0n) is 24.8. The fraction of sp³-hybridized carbons (Fsp3) is 0. The van der Waals surface area contributed by atoms with Gasteiger partial charge in [-0.15, -0.1) is 20.5 Å². The molecule has 0 unspecified atom stereocenters. The van der Waals surface area contributed by atoms with Crippen molar-refractivity contribution in [3.05, 3.63) is 61.0 Å². The molecule has 0 atom stereocenters. The van der Waals surface area contributed by atoms with Crippen LogP contribution in [0.2, 0.25) is 0 Å². The van der Waals surface area contributed by atoms with Gasteiger partial charge in [0.1, 0.15) is 42.3 Å². The van der Waals surface area contributed by atoms with E-state index in [9.17, 15) is 80.2 Å². The Morgan fingerprint density at radius 2 is 0.942 bits per heavy atom. The topological polar surface area (TPSA) is 394 Å². The summed E-state index contributed by atoms with van der Waals surface area (Å²) in [6.45, 7) is 3.13. The van der Waals surface area contributed by atoms with Crippen LogP contribution in [-0.4, -0.2) is 80.2 Å². The van der Waals surface area contributed by atoms with Gasteiger partial charge in [0.05, 0.1) is 10.3 Å². The van der Waals surface area contributed by atoms with Gasteiger partial charge in [-0.3, -0.25) is 22.8 Å². The van der Waals surface area contributed by atoms with E-state index in [4.69, 9.17) is 0 Å². The first kappa shape index (κ1) is 39.6. The maximum Gasteiger partial charge on any atom is 0.296 e. The minimum absolute atomic E-state index is 0.161. The number of fused-ring (bicyclic) bond motifs is 1. The van der Waals surface area contributed by atoms with Gasteiger partial charge in [0.25, 0.3) is 50.6 Å². The molecule has 4 rings (SSSR count). The predicted molar refractivity (Wildman–Crippen MR) is 173 cm³/mol. The van der Waals surface area contributed by atoms with Crippen molar-refractivity contribution in [1.29, 1.82) is 0 Å². The Morgan fingerprint density at radius 3 is 1.33 bits per heavy atom. The van der Waals surface area contributed by atoms with E-state index in [0.717, 1.165) is 18.2 Å². The highest BCUT2D eigenvalue weighted by molar-refractivity contribution is 7.87. The number of aliphatic hydroxyl groups excluding tert-OH is 1. The van der Waals surface area contributed by atoms with Crippen LogP contribution in [-0.2, 0) is 50.6 Å². The quantitative estimate of drug-likeness (QED) is 0.0590. The highest BCUT2D eigenvalue weighted by Crippen LogP contribution is 2.50. The van der Waals surface area contributed by atoms with E-state index in [1.165, 1.54) is 0 Å². The van der Waals surface area contributed by atoms with Crippen molar-refractivity contribution in [1.82, 2.24) is 0 Å². The molecule has 0 saturated carbocycles. The number of rotatable bonds is 11. The lowest BCUT2D eigenvalue weighted by molar-refractivity contribution is 0.422. The number of phenolic OH excluding ortho intramolecular Hbond substituents is 2. The lowest BCUT2D eigenvalue weighted by Crippen LogP contribution is -2.03. The average molecular weight is 826 g/mol. The van der Waals surface area contributed by atoms with Crippen LogP contribution in [0.5, 0.6) is 11.5 Å². The molecule has 0 aliphatic carbocycles. The van der Waals surface area contributed by atoms with Crippen LogP contribution in [0, 0.1) is 0 Å². The molecule has 9 N–H and O–H groups in total. The van der Waals surface area contributed by atoms with Crippen molar-refractivity contribution in [3.63, 3.8) is 0 Å². The molecule has 28 heteroatoms. The molecule has 278 valence electrons. The molecule has 52 heavy (non-hydrogen) atoms. The first-order valence-corrected chi connectivity index (χ1v) is 20.0. The number of phenols is 2. The molecule has 0 radical (unpaired) electrons. The lowest BCUT2D eigenvalue weighted by Gasteiger charge is -2.13. The highest BCUT2D eigenvalue weighted by atomic mass is 32.2. The molecule has 0 heterocycles. The van der Waals surface area contributed by atoms with Crippen molar-refractivity contribution < 1.29 is 80.2 Å². The Morgan fingerprint density at radius 1 is 0.538 bits per heavy atom. The molecular weight excluding hydrogens is 807 g/mol. The first-order chi connectivity index (χ1) is 23.6. The van der Waals surface area contributed by atoms with Crippen molar-refractivity contribution in [3.8, 4) is 11.5 Å². The predicted octanol–water partition coefficient (Wildman–Crippen LogP) is 3.76. The summed E-state index contributed by atoms with van der Waals surface area (Å²) in [5, 5.41) is 45.6. The standard InChI is InChI=1S/C24H19N5O18S5/c1-10(30)25-12-2-4-14(16(8-12)49(36,37)38)26-28-21-18(51(42,43)44)6-11-7-19(52(45,46)47)22(24(32)20(11)23(21)31)29-27-15-5-3-13(48(33,34)35)9-17(15)50(39,40)41/h2-9,25,30-32H,1H2,(H,33,34,35)(H,36,37,38)(H,39,40,41)(H,42,43,44)(H,45,46,47)/b28-26+,29-27+. The van der Waals surface area contributed by atoms with Crippen LogP contribution >= 0.6 is 0 Å². The number of hydrogen-bond donors (Lipinski definition) is 9. The number of nitrogens with one attached hydrogen (secondary N) is 1. The van der Waals surface area contributed by atoms with Crippen LogP contribution in [0.15, 0.2) is 106 Å². The summed E-state index contributed by atoms with van der Waals surface area (Å²) in [7, 11) is -26.5. The Balaban J connectivity index is 2.05. The third-order valence-corrected chi connectivity index (χ3v) is 10.7. The second-order valence-electron chi connectivity index (χ2n) is 9.90. The van der Waals surface area contributed by atoms with Crippen LogP contribution in [0.3, 0.4) is 0 Å². The Hall–Kier alpha value is -5.17. The summed E-state index contributed by atoms with van der Waals surface area (Å²) in [4.78, 5) is -6.13. The number of azo groups is 2. The molecule has 0 bridgehead atoms. The van der Waals surface area contributed by atoms with Gasteiger partial charge < -0.3 is 20.6 Å². The maximum absolute atomic E-state index is 12.3. The van der Waals surface area contributed by atoms with E-state index in [1.807, 2.05) is 0 Å². The number of aromatic hydroxyl groups is 2. The Bertz CT molecular complexity index is 2840. The highest BCUT2D eigenvalue weighted by Gasteiger charge is 2.29. The monoisotopic (exact) mass is 825 g/mol. The molecule has 0 aliphatic heterocycles. The number of anilines is 1. The van der Waals surface area contributed by atoms with Gasteiger partial charge in [0, 0.05) is 5.69 Å². The maximum atomic E-state index is 12.3. The molecular formula is C24H19N5O18S5. The number of benzene rings is 4. The van der Waals surface area contributed by atoms with Gasteiger partial charge in [-0.2, -0.15) is 42.1 Å². The zero-order valence-corrected chi connectivity index (χ0v) is 28.9. The van der Waals surface area contributed by atoms with E-state index in [2.05, 4.69) is 32.4 Å². The van der Waals surface area contributed by atoms with Crippen molar-refractivity contribution in [2.45, 2.75) is 24.5 Å². The van der Waals surface area contributed by atoms with Crippen LogP contribution in [0.4, 0.5) is 28.4 Å². The lowest BCUT2D eigenvalue weighted by atomic mass is 10.1. The average Bonchev–Trinajstić information content (AvgIpc) is 2.97. The molecule has 0 fully saturated rings. The largest absolute Gasteiger partial charge is 0.505 e. The molecule has 0 saturated heterocycles. The summed E-state index contributed by atoms with van der Waals surface area (Å²) in [6.07, 6.45) is 0. The third-order valence-electron chi connectivity index (χ3n) is 6.36. The summed E-state index contributed by atoms with van der Waals surface area (Å²) >= 11 is 0. The van der Waals surface area contributed by atoms with Crippen LogP contribution in [0.25, 0.3) is 10.8 Å². The fourth-order valence-electron chi connectivity index (χ4n) is 4.25. The second kappa shape index (κ2) is 13.4. The molecule has 0 spiro atoms. The third kappa shape index (κ3) is 8.47. The SMILES string of the molecule is C=C(O)Nc1ccc(/N=N/c2c(S(=O)(=O)O)cc3cc(S(=O)(=O)O)c(/N=N/c4ccc(S(=O)(=O)O)cc4S(=O)(=O)O)c(O)c3c2O)c(S(=O)(=O)O)c1.